The van der Waals surface area contributed by atoms with Crippen molar-refractivity contribution in [3.05, 3.63) is 12.2 Å². The summed E-state index contributed by atoms with van der Waals surface area (Å²) in [5.41, 5.74) is -0.768. The molecular formula is C11H20O4S. The molecule has 0 aromatic carbocycles. The van der Waals surface area contributed by atoms with Crippen LogP contribution in [-0.2, 0) is 14.3 Å². The molecule has 1 atom stereocenters. The molecule has 0 heterocycles. The highest BCUT2D eigenvalue weighted by Gasteiger charge is 2.26. The normalized spacial score (nSPS) is 29.4. The minimum atomic E-state index is -3.39. The van der Waals surface area contributed by atoms with Gasteiger partial charge in [-0.3, -0.25) is 4.18 Å². The van der Waals surface area contributed by atoms with Crippen molar-refractivity contribution in [2.75, 3.05) is 12.9 Å². The first-order valence-corrected chi connectivity index (χ1v) is 7.45. The highest BCUT2D eigenvalue weighted by atomic mass is 32.2. The summed E-state index contributed by atoms with van der Waals surface area (Å²) in [5.74, 6) is 0. The van der Waals surface area contributed by atoms with Gasteiger partial charge in [0, 0.05) is 6.42 Å². The van der Waals surface area contributed by atoms with Crippen molar-refractivity contribution in [1.29, 1.82) is 0 Å². The molecule has 16 heavy (non-hydrogen) atoms. The van der Waals surface area contributed by atoms with Crippen LogP contribution in [0.1, 0.15) is 38.5 Å². The minimum absolute atomic E-state index is 0.0685. The van der Waals surface area contributed by atoms with Crippen molar-refractivity contribution in [3.63, 3.8) is 0 Å². The lowest BCUT2D eigenvalue weighted by atomic mass is 9.87. The van der Waals surface area contributed by atoms with E-state index >= 15 is 0 Å². The molecule has 5 heteroatoms. The largest absolute Gasteiger partial charge is 0.390 e. The Morgan fingerprint density at radius 2 is 2.00 bits per heavy atom. The monoisotopic (exact) mass is 248 g/mol. The second kappa shape index (κ2) is 5.80. The molecule has 0 spiro atoms. The molecule has 0 aromatic heterocycles. The summed E-state index contributed by atoms with van der Waals surface area (Å²) in [6.45, 7) is 0.0685. The quantitative estimate of drug-likeness (QED) is 0.606. The van der Waals surface area contributed by atoms with Gasteiger partial charge in [0.2, 0.25) is 0 Å². The van der Waals surface area contributed by atoms with Gasteiger partial charge in [0.1, 0.15) is 0 Å². The smallest absolute Gasteiger partial charge is 0.264 e. The molecule has 0 aromatic rings. The molecule has 0 saturated heterocycles. The molecule has 1 aliphatic carbocycles. The highest BCUT2D eigenvalue weighted by molar-refractivity contribution is 7.85. The summed E-state index contributed by atoms with van der Waals surface area (Å²) in [5, 5.41) is 10.3. The molecule has 0 saturated carbocycles. The Morgan fingerprint density at radius 3 is 2.69 bits per heavy atom. The molecule has 0 unspecified atom stereocenters. The Kier molecular flexibility index (Phi) is 4.95. The zero-order chi connectivity index (χ0) is 12.1. The Morgan fingerprint density at radius 1 is 1.31 bits per heavy atom. The number of allylic oxidation sites excluding steroid dienone is 2. The van der Waals surface area contributed by atoms with E-state index in [0.717, 1.165) is 25.5 Å². The van der Waals surface area contributed by atoms with E-state index < -0.39 is 15.7 Å². The van der Waals surface area contributed by atoms with Crippen LogP contribution in [0.15, 0.2) is 12.2 Å². The van der Waals surface area contributed by atoms with Crippen LogP contribution in [0.4, 0.5) is 0 Å². The van der Waals surface area contributed by atoms with Gasteiger partial charge in [-0.05, 0) is 32.1 Å². The average molecular weight is 248 g/mol. The molecule has 4 nitrogen and oxygen atoms in total. The second-order valence-electron chi connectivity index (χ2n) is 4.40. The van der Waals surface area contributed by atoms with Crippen molar-refractivity contribution < 1.29 is 17.7 Å². The lowest BCUT2D eigenvalue weighted by Gasteiger charge is -2.28. The summed E-state index contributed by atoms with van der Waals surface area (Å²) in [6.07, 6.45) is 9.76. The summed E-state index contributed by atoms with van der Waals surface area (Å²) >= 11 is 0. The fraction of sp³-hybridized carbons (Fsp3) is 0.818. The van der Waals surface area contributed by atoms with E-state index in [1.807, 2.05) is 0 Å². The van der Waals surface area contributed by atoms with Crippen molar-refractivity contribution in [2.45, 2.75) is 44.1 Å². The number of hydrogen-bond donors (Lipinski definition) is 1. The molecule has 0 aliphatic heterocycles. The number of rotatable bonds is 4. The number of hydrogen-bond acceptors (Lipinski definition) is 4. The first kappa shape index (κ1) is 13.7. The van der Waals surface area contributed by atoms with Gasteiger partial charge < -0.3 is 5.11 Å². The fourth-order valence-electron chi connectivity index (χ4n) is 1.89. The maximum atomic E-state index is 10.8. The van der Waals surface area contributed by atoms with Crippen molar-refractivity contribution in [1.82, 2.24) is 0 Å². The molecule has 1 rings (SSSR count). The lowest BCUT2D eigenvalue weighted by Crippen LogP contribution is -2.31. The molecular weight excluding hydrogens is 228 g/mol. The van der Waals surface area contributed by atoms with Crippen LogP contribution >= 0.6 is 0 Å². The Labute approximate surface area is 97.4 Å². The minimum Gasteiger partial charge on any atom is -0.390 e. The Hall–Kier alpha value is -0.390. The summed E-state index contributed by atoms with van der Waals surface area (Å²) in [6, 6.07) is 0. The van der Waals surface area contributed by atoms with Crippen LogP contribution in [0, 0.1) is 0 Å². The molecule has 1 N–H and O–H groups in total. The van der Waals surface area contributed by atoms with Crippen molar-refractivity contribution >= 4 is 10.1 Å². The maximum absolute atomic E-state index is 10.8. The van der Waals surface area contributed by atoms with Gasteiger partial charge >= 0.3 is 0 Å². The van der Waals surface area contributed by atoms with Crippen LogP contribution in [0.3, 0.4) is 0 Å². The SMILES string of the molecule is CS(=O)(=O)OCC[C@]1(O)CC/C=C\CCC1. The average Bonchev–Trinajstić information content (AvgIpc) is 2.10. The van der Waals surface area contributed by atoms with E-state index in [1.165, 1.54) is 0 Å². The van der Waals surface area contributed by atoms with E-state index in [0.29, 0.717) is 19.3 Å². The predicted octanol–water partition coefficient (Wildman–Crippen LogP) is 1.60. The van der Waals surface area contributed by atoms with E-state index in [4.69, 9.17) is 0 Å². The van der Waals surface area contributed by atoms with E-state index in [1.54, 1.807) is 0 Å². The van der Waals surface area contributed by atoms with Crippen LogP contribution < -0.4 is 0 Å². The maximum Gasteiger partial charge on any atom is 0.264 e. The van der Waals surface area contributed by atoms with E-state index in [2.05, 4.69) is 16.3 Å². The lowest BCUT2D eigenvalue weighted by molar-refractivity contribution is 0.00237. The van der Waals surface area contributed by atoms with Gasteiger partial charge in [-0.1, -0.05) is 12.2 Å². The number of aliphatic hydroxyl groups is 1. The third kappa shape index (κ3) is 5.63. The zero-order valence-electron chi connectivity index (χ0n) is 9.68. The Bertz CT molecular complexity index is 334. The fourth-order valence-corrected chi connectivity index (χ4v) is 2.28. The molecule has 0 radical (unpaired) electrons. The third-order valence-corrected chi connectivity index (χ3v) is 3.42. The van der Waals surface area contributed by atoms with Gasteiger partial charge in [-0.25, -0.2) is 0 Å². The topological polar surface area (TPSA) is 63.6 Å². The predicted molar refractivity (Wildman–Crippen MR) is 62.6 cm³/mol. The van der Waals surface area contributed by atoms with Gasteiger partial charge in [-0.2, -0.15) is 8.42 Å². The summed E-state index contributed by atoms with van der Waals surface area (Å²) in [7, 11) is -3.39. The molecule has 1 aliphatic rings. The molecule has 0 fully saturated rings. The summed E-state index contributed by atoms with van der Waals surface area (Å²) < 4.78 is 26.2. The van der Waals surface area contributed by atoms with E-state index in [9.17, 15) is 13.5 Å². The van der Waals surface area contributed by atoms with Gasteiger partial charge in [0.05, 0.1) is 18.5 Å². The van der Waals surface area contributed by atoms with Crippen molar-refractivity contribution in [3.8, 4) is 0 Å². The molecule has 0 amide bonds. The van der Waals surface area contributed by atoms with Crippen molar-refractivity contribution in [2.24, 2.45) is 0 Å². The molecule has 94 valence electrons. The zero-order valence-corrected chi connectivity index (χ0v) is 10.5. The van der Waals surface area contributed by atoms with Crippen LogP contribution in [0.25, 0.3) is 0 Å². The first-order chi connectivity index (χ1) is 7.41. The Balaban J connectivity index is 2.40. The highest BCUT2D eigenvalue weighted by Crippen LogP contribution is 2.26. The third-order valence-electron chi connectivity index (χ3n) is 2.82. The van der Waals surface area contributed by atoms with E-state index in [-0.39, 0.29) is 6.61 Å². The molecule has 0 bridgehead atoms. The van der Waals surface area contributed by atoms with Gasteiger partial charge in [0.15, 0.2) is 0 Å². The van der Waals surface area contributed by atoms with Crippen LogP contribution in [-0.4, -0.2) is 32.0 Å². The van der Waals surface area contributed by atoms with Crippen LogP contribution in [0.2, 0.25) is 0 Å². The summed E-state index contributed by atoms with van der Waals surface area (Å²) in [4.78, 5) is 0. The van der Waals surface area contributed by atoms with Crippen LogP contribution in [0.5, 0.6) is 0 Å². The van der Waals surface area contributed by atoms with Gasteiger partial charge in [0.25, 0.3) is 10.1 Å². The first-order valence-electron chi connectivity index (χ1n) is 5.63. The second-order valence-corrected chi connectivity index (χ2v) is 6.05. The standard InChI is InChI=1S/C11H20O4S/c1-16(13,14)15-10-9-11(12)7-5-3-2-4-6-8-11/h2-3,12H,4-10H2,1H3/b3-2-/t11-/m0/s1. The van der Waals surface area contributed by atoms with Gasteiger partial charge in [-0.15, -0.1) is 0 Å².